The van der Waals surface area contributed by atoms with E-state index in [-0.39, 0.29) is 0 Å². The largest absolute Gasteiger partial charge is 0.508 e. The van der Waals surface area contributed by atoms with E-state index in [0.29, 0.717) is 5.75 Å². The van der Waals surface area contributed by atoms with Crippen LogP contribution in [0, 0.1) is 0 Å². The lowest BCUT2D eigenvalue weighted by molar-refractivity contribution is 0.464. The molecule has 0 aliphatic rings. The second kappa shape index (κ2) is 20.9. The van der Waals surface area contributed by atoms with Gasteiger partial charge in [-0.2, -0.15) is 0 Å². The SMILES string of the molecule is CCCCCCCCCCCCc1ccc(CCCCCCCCCCCC)c(O)c1. The number of aromatic hydroxyl groups is 1. The van der Waals surface area contributed by atoms with Gasteiger partial charge in [0.25, 0.3) is 0 Å². The molecule has 1 aromatic carbocycles. The molecule has 0 bridgehead atoms. The van der Waals surface area contributed by atoms with E-state index >= 15 is 0 Å². The van der Waals surface area contributed by atoms with Crippen LogP contribution in [0.1, 0.15) is 153 Å². The van der Waals surface area contributed by atoms with Crippen molar-refractivity contribution in [3.05, 3.63) is 29.3 Å². The minimum Gasteiger partial charge on any atom is -0.508 e. The summed E-state index contributed by atoms with van der Waals surface area (Å²) in [4.78, 5) is 0. The monoisotopic (exact) mass is 430 g/mol. The lowest BCUT2D eigenvalue weighted by Gasteiger charge is -2.08. The molecule has 1 heteroatoms. The van der Waals surface area contributed by atoms with Crippen LogP contribution in [0.2, 0.25) is 0 Å². The van der Waals surface area contributed by atoms with E-state index in [4.69, 9.17) is 0 Å². The fourth-order valence-corrected chi connectivity index (χ4v) is 4.60. The summed E-state index contributed by atoms with van der Waals surface area (Å²) in [6.07, 6.45) is 29.6. The lowest BCUT2D eigenvalue weighted by Crippen LogP contribution is -1.91. The summed E-state index contributed by atoms with van der Waals surface area (Å²) >= 11 is 0. The number of aryl methyl sites for hydroxylation is 2. The first-order valence-corrected chi connectivity index (χ1v) is 14.1. The Morgan fingerprint density at radius 3 is 1.29 bits per heavy atom. The van der Waals surface area contributed by atoms with Gasteiger partial charge in [0.15, 0.2) is 0 Å². The maximum atomic E-state index is 10.4. The van der Waals surface area contributed by atoms with Gasteiger partial charge in [0.1, 0.15) is 5.75 Å². The van der Waals surface area contributed by atoms with Crippen molar-refractivity contribution in [2.75, 3.05) is 0 Å². The maximum Gasteiger partial charge on any atom is 0.119 e. The third-order valence-electron chi connectivity index (χ3n) is 6.77. The Morgan fingerprint density at radius 1 is 0.484 bits per heavy atom. The third-order valence-corrected chi connectivity index (χ3v) is 6.77. The van der Waals surface area contributed by atoms with Crippen molar-refractivity contribution < 1.29 is 5.11 Å². The summed E-state index contributed by atoms with van der Waals surface area (Å²) < 4.78 is 0. The number of hydrogen-bond acceptors (Lipinski definition) is 1. The molecular weight excluding hydrogens is 376 g/mol. The zero-order chi connectivity index (χ0) is 22.4. The summed E-state index contributed by atoms with van der Waals surface area (Å²) in [5.74, 6) is 0.528. The van der Waals surface area contributed by atoms with Gasteiger partial charge >= 0.3 is 0 Å². The summed E-state index contributed by atoms with van der Waals surface area (Å²) in [6.45, 7) is 4.57. The molecule has 0 radical (unpaired) electrons. The van der Waals surface area contributed by atoms with Crippen LogP contribution in [0.25, 0.3) is 0 Å². The molecule has 1 nitrogen and oxygen atoms in total. The Balaban J connectivity index is 2.01. The molecule has 0 fully saturated rings. The van der Waals surface area contributed by atoms with Crippen LogP contribution in [0.15, 0.2) is 18.2 Å². The van der Waals surface area contributed by atoms with Gasteiger partial charge in [-0.1, -0.05) is 142 Å². The Hall–Kier alpha value is -0.980. The van der Waals surface area contributed by atoms with Crippen LogP contribution < -0.4 is 0 Å². The van der Waals surface area contributed by atoms with Crippen molar-refractivity contribution in [1.29, 1.82) is 0 Å². The second-order valence-corrected chi connectivity index (χ2v) is 9.83. The van der Waals surface area contributed by atoms with E-state index in [2.05, 4.69) is 26.0 Å². The predicted molar refractivity (Wildman–Crippen MR) is 139 cm³/mol. The van der Waals surface area contributed by atoms with Gasteiger partial charge < -0.3 is 5.11 Å². The number of hydrogen-bond donors (Lipinski definition) is 1. The van der Waals surface area contributed by atoms with Crippen LogP contribution in [0.5, 0.6) is 5.75 Å². The summed E-state index contributed by atoms with van der Waals surface area (Å²) in [5.41, 5.74) is 2.45. The van der Waals surface area contributed by atoms with E-state index in [1.165, 1.54) is 134 Å². The minimum absolute atomic E-state index is 0.528. The van der Waals surface area contributed by atoms with Gasteiger partial charge in [-0.3, -0.25) is 0 Å². The highest BCUT2D eigenvalue weighted by molar-refractivity contribution is 5.36. The Bertz CT molecular complexity index is 507. The summed E-state index contributed by atoms with van der Waals surface area (Å²) in [6, 6.07) is 6.45. The highest BCUT2D eigenvalue weighted by Gasteiger charge is 2.03. The molecule has 0 unspecified atom stereocenters. The van der Waals surface area contributed by atoms with Gasteiger partial charge in [0, 0.05) is 0 Å². The first-order valence-electron chi connectivity index (χ1n) is 14.1. The van der Waals surface area contributed by atoms with E-state index in [1.807, 2.05) is 6.07 Å². The van der Waals surface area contributed by atoms with Gasteiger partial charge in [-0.25, -0.2) is 0 Å². The number of unbranched alkanes of at least 4 members (excludes halogenated alkanes) is 18. The lowest BCUT2D eigenvalue weighted by atomic mass is 9.99. The zero-order valence-corrected chi connectivity index (χ0v) is 21.2. The quantitative estimate of drug-likeness (QED) is 0.181. The van der Waals surface area contributed by atoms with E-state index in [1.54, 1.807) is 0 Å². The average molecular weight is 431 g/mol. The summed E-state index contributed by atoms with van der Waals surface area (Å²) in [5, 5.41) is 10.4. The highest BCUT2D eigenvalue weighted by Crippen LogP contribution is 2.23. The molecule has 1 N–H and O–H groups in total. The molecule has 0 saturated heterocycles. The second-order valence-electron chi connectivity index (χ2n) is 9.83. The predicted octanol–water partition coefficient (Wildman–Crippen LogP) is 10.3. The molecule has 180 valence electrons. The molecule has 1 aromatic rings. The van der Waals surface area contributed by atoms with Crippen molar-refractivity contribution >= 4 is 0 Å². The molecule has 0 aliphatic carbocycles. The van der Waals surface area contributed by atoms with Crippen molar-refractivity contribution in [1.82, 2.24) is 0 Å². The Kier molecular flexibility index (Phi) is 18.9. The molecular formula is C30H54O. The normalized spacial score (nSPS) is 11.3. The number of rotatable bonds is 22. The molecule has 0 atom stereocenters. The minimum atomic E-state index is 0.528. The number of phenolic OH excluding ortho intramolecular Hbond substituents is 1. The Labute approximate surface area is 195 Å². The molecule has 0 spiro atoms. The highest BCUT2D eigenvalue weighted by atomic mass is 16.3. The van der Waals surface area contributed by atoms with E-state index in [0.717, 1.165) is 18.4 Å². The molecule has 1 rings (SSSR count). The van der Waals surface area contributed by atoms with Crippen molar-refractivity contribution in [3.63, 3.8) is 0 Å². The van der Waals surface area contributed by atoms with E-state index < -0.39 is 0 Å². The zero-order valence-electron chi connectivity index (χ0n) is 21.2. The molecule has 0 aromatic heterocycles. The van der Waals surface area contributed by atoms with Gasteiger partial charge in [-0.05, 0) is 42.9 Å². The van der Waals surface area contributed by atoms with Crippen LogP contribution in [-0.2, 0) is 12.8 Å². The molecule has 0 amide bonds. The molecule has 0 saturated carbocycles. The summed E-state index contributed by atoms with van der Waals surface area (Å²) in [7, 11) is 0. The van der Waals surface area contributed by atoms with Gasteiger partial charge in [0.2, 0.25) is 0 Å². The van der Waals surface area contributed by atoms with Crippen LogP contribution in [0.3, 0.4) is 0 Å². The first-order chi connectivity index (χ1) is 15.3. The number of phenols is 1. The fourth-order valence-electron chi connectivity index (χ4n) is 4.60. The third kappa shape index (κ3) is 16.3. The first kappa shape index (κ1) is 28.1. The molecule has 0 heterocycles. The van der Waals surface area contributed by atoms with Crippen molar-refractivity contribution in [3.8, 4) is 5.75 Å². The van der Waals surface area contributed by atoms with Crippen LogP contribution >= 0.6 is 0 Å². The standard InChI is InChI=1S/C30H54O/c1-3-5-7-9-11-13-15-17-19-21-23-28-25-26-29(30(31)27-28)24-22-20-18-16-14-12-10-8-6-4-2/h25-27,31H,3-24H2,1-2H3. The fraction of sp³-hybridized carbons (Fsp3) is 0.800. The Morgan fingerprint density at radius 2 is 0.871 bits per heavy atom. The van der Waals surface area contributed by atoms with Crippen LogP contribution in [-0.4, -0.2) is 5.11 Å². The van der Waals surface area contributed by atoms with Crippen molar-refractivity contribution in [2.45, 2.75) is 155 Å². The van der Waals surface area contributed by atoms with Crippen LogP contribution in [0.4, 0.5) is 0 Å². The maximum absolute atomic E-state index is 10.4. The van der Waals surface area contributed by atoms with Gasteiger partial charge in [-0.15, -0.1) is 0 Å². The topological polar surface area (TPSA) is 20.2 Å². The smallest absolute Gasteiger partial charge is 0.119 e. The molecule has 31 heavy (non-hydrogen) atoms. The van der Waals surface area contributed by atoms with Crippen molar-refractivity contribution in [2.24, 2.45) is 0 Å². The number of benzene rings is 1. The average Bonchev–Trinajstić information content (AvgIpc) is 2.77. The van der Waals surface area contributed by atoms with E-state index in [9.17, 15) is 5.11 Å². The molecule has 0 aliphatic heterocycles. The van der Waals surface area contributed by atoms with Gasteiger partial charge in [0.05, 0.1) is 0 Å².